The Bertz CT molecular complexity index is 1120. The molecule has 1 N–H and O–H groups in total. The molecule has 1 aliphatic rings. The van der Waals surface area contributed by atoms with Crippen LogP contribution in [0, 0.1) is 13.8 Å². The van der Waals surface area contributed by atoms with Crippen LogP contribution in [0.5, 0.6) is 0 Å². The number of carbonyl (C=O) groups is 3. The number of thiophene rings is 1. The molecule has 10 heteroatoms. The summed E-state index contributed by atoms with van der Waals surface area (Å²) in [4.78, 5) is 39.6. The Balaban J connectivity index is 1.75. The minimum atomic E-state index is -3.20. The number of sulfone groups is 1. The lowest BCUT2D eigenvalue weighted by Crippen LogP contribution is -2.42. The van der Waals surface area contributed by atoms with Gasteiger partial charge in [0.2, 0.25) is 5.91 Å². The summed E-state index contributed by atoms with van der Waals surface area (Å²) >= 11 is 1.27. The van der Waals surface area contributed by atoms with E-state index >= 15 is 0 Å². The molecule has 2 amide bonds. The van der Waals surface area contributed by atoms with Gasteiger partial charge in [0, 0.05) is 24.4 Å². The number of aryl methyl sites for hydroxylation is 1. The van der Waals surface area contributed by atoms with Gasteiger partial charge in [-0.2, -0.15) is 0 Å². The molecule has 8 nitrogen and oxygen atoms in total. The van der Waals surface area contributed by atoms with Crippen molar-refractivity contribution in [2.75, 3.05) is 23.4 Å². The molecule has 1 aliphatic heterocycles. The van der Waals surface area contributed by atoms with Gasteiger partial charge < -0.3 is 15.0 Å². The summed E-state index contributed by atoms with van der Waals surface area (Å²) in [5.41, 5.74) is 1.77. The van der Waals surface area contributed by atoms with Gasteiger partial charge in [0.15, 0.2) is 16.4 Å². The van der Waals surface area contributed by atoms with Crippen molar-refractivity contribution in [1.82, 2.24) is 4.90 Å². The number of benzene rings is 1. The van der Waals surface area contributed by atoms with Crippen LogP contribution in [0.3, 0.4) is 0 Å². The Morgan fingerprint density at radius 3 is 2.47 bits per heavy atom. The van der Waals surface area contributed by atoms with Crippen LogP contribution in [0.4, 0.5) is 5.00 Å². The predicted octanol–water partition coefficient (Wildman–Crippen LogP) is 2.70. The van der Waals surface area contributed by atoms with E-state index in [4.69, 9.17) is 4.74 Å². The summed E-state index contributed by atoms with van der Waals surface area (Å²) in [7, 11) is -3.20. The molecule has 1 atom stereocenters. The summed E-state index contributed by atoms with van der Waals surface area (Å²) in [6.45, 7) is 4.64. The van der Waals surface area contributed by atoms with Gasteiger partial charge in [-0.05, 0) is 31.4 Å². The van der Waals surface area contributed by atoms with Crippen LogP contribution in [0.15, 0.2) is 30.3 Å². The quantitative estimate of drug-likeness (QED) is 0.613. The molecule has 0 aliphatic carbocycles. The molecule has 1 saturated heterocycles. The smallest absolute Gasteiger partial charge is 0.341 e. The van der Waals surface area contributed by atoms with Crippen LogP contribution in [-0.2, 0) is 30.7 Å². The fraction of sp³-hybridized carbons (Fsp3) is 0.409. The fourth-order valence-electron chi connectivity index (χ4n) is 3.63. The lowest BCUT2D eigenvalue weighted by Gasteiger charge is -2.28. The maximum absolute atomic E-state index is 13.0. The van der Waals surface area contributed by atoms with E-state index in [0.29, 0.717) is 17.0 Å². The highest BCUT2D eigenvalue weighted by Gasteiger charge is 2.35. The van der Waals surface area contributed by atoms with E-state index in [1.54, 1.807) is 6.92 Å². The van der Waals surface area contributed by atoms with Gasteiger partial charge in [0.25, 0.3) is 5.91 Å². The van der Waals surface area contributed by atoms with E-state index < -0.39 is 34.4 Å². The molecule has 3 rings (SSSR count). The normalized spacial score (nSPS) is 17.0. The lowest BCUT2D eigenvalue weighted by molar-refractivity contribution is -0.137. The monoisotopic (exact) mass is 478 g/mol. The topological polar surface area (TPSA) is 110 Å². The zero-order valence-electron chi connectivity index (χ0n) is 18.2. The Labute approximate surface area is 191 Å². The third-order valence-corrected chi connectivity index (χ3v) is 8.24. The Hall–Kier alpha value is -2.72. The second-order valence-corrected chi connectivity index (χ2v) is 11.3. The minimum Gasteiger partial charge on any atom is -0.452 e. The molecule has 2 heterocycles. The number of nitrogens with one attached hydrogen (secondary N) is 1. The molecular weight excluding hydrogens is 452 g/mol. The number of esters is 1. The molecule has 1 aromatic heterocycles. The predicted molar refractivity (Wildman–Crippen MR) is 122 cm³/mol. The third kappa shape index (κ3) is 5.74. The first-order chi connectivity index (χ1) is 15.1. The van der Waals surface area contributed by atoms with Crippen molar-refractivity contribution in [3.8, 4) is 0 Å². The molecule has 1 fully saturated rings. The number of hydrogen-bond donors (Lipinski definition) is 1. The molecular formula is C22H26N2O6S2. The van der Waals surface area contributed by atoms with Gasteiger partial charge in [-0.1, -0.05) is 30.3 Å². The van der Waals surface area contributed by atoms with Crippen LogP contribution in [0.1, 0.15) is 39.7 Å². The van der Waals surface area contributed by atoms with Crippen LogP contribution in [-0.4, -0.2) is 55.3 Å². The zero-order valence-corrected chi connectivity index (χ0v) is 19.8. The highest BCUT2D eigenvalue weighted by Crippen LogP contribution is 2.33. The number of nitrogens with zero attached hydrogens (tertiary/aromatic N) is 1. The maximum atomic E-state index is 13.0. The van der Waals surface area contributed by atoms with Gasteiger partial charge >= 0.3 is 5.97 Å². The van der Waals surface area contributed by atoms with E-state index in [2.05, 4.69) is 5.32 Å². The van der Waals surface area contributed by atoms with Crippen molar-refractivity contribution in [3.05, 3.63) is 51.9 Å². The average molecular weight is 479 g/mol. The van der Waals surface area contributed by atoms with E-state index in [-0.39, 0.29) is 29.5 Å². The van der Waals surface area contributed by atoms with Crippen LogP contribution in [0.25, 0.3) is 0 Å². The van der Waals surface area contributed by atoms with E-state index in [0.717, 1.165) is 10.4 Å². The van der Waals surface area contributed by atoms with Crippen molar-refractivity contribution in [3.63, 3.8) is 0 Å². The summed E-state index contributed by atoms with van der Waals surface area (Å²) in [5.74, 6) is -1.55. The first-order valence-electron chi connectivity index (χ1n) is 10.2. The second-order valence-electron chi connectivity index (χ2n) is 7.81. The first-order valence-corrected chi connectivity index (χ1v) is 12.8. The molecule has 1 aromatic carbocycles. The number of carbonyl (C=O) groups excluding carboxylic acids is 3. The van der Waals surface area contributed by atoms with Crippen molar-refractivity contribution in [2.45, 2.75) is 39.8 Å². The summed E-state index contributed by atoms with van der Waals surface area (Å²) in [5, 5.41) is 3.01. The van der Waals surface area contributed by atoms with Gasteiger partial charge in [-0.3, -0.25) is 9.59 Å². The first kappa shape index (κ1) is 23.9. The third-order valence-electron chi connectivity index (χ3n) is 5.37. The number of rotatable bonds is 7. The van der Waals surface area contributed by atoms with Crippen LogP contribution >= 0.6 is 11.3 Å². The summed E-state index contributed by atoms with van der Waals surface area (Å²) in [6.07, 6.45) is 0.352. The minimum absolute atomic E-state index is 0.0312. The van der Waals surface area contributed by atoms with Gasteiger partial charge in [-0.25, -0.2) is 13.2 Å². The van der Waals surface area contributed by atoms with E-state index in [1.165, 1.54) is 23.2 Å². The largest absolute Gasteiger partial charge is 0.452 e. The standard InChI is InChI=1S/C22H26N2O6S2/c1-14-15(2)31-21(23-16(3)25)20(14)22(27)30-12-19(26)24(11-17-7-5-4-6-8-17)18-9-10-32(28,29)13-18/h4-8,18H,9-13H2,1-3H3,(H,23,25)/t18-/m0/s1. The van der Waals surface area contributed by atoms with Crippen molar-refractivity contribution < 1.29 is 27.5 Å². The van der Waals surface area contributed by atoms with Crippen LogP contribution < -0.4 is 5.32 Å². The highest BCUT2D eigenvalue weighted by molar-refractivity contribution is 7.91. The van der Waals surface area contributed by atoms with Crippen LogP contribution in [0.2, 0.25) is 0 Å². The highest BCUT2D eigenvalue weighted by atomic mass is 32.2. The molecule has 172 valence electrons. The Morgan fingerprint density at radius 2 is 1.88 bits per heavy atom. The molecule has 0 spiro atoms. The number of anilines is 1. The SMILES string of the molecule is CC(=O)Nc1sc(C)c(C)c1C(=O)OCC(=O)N(Cc1ccccc1)[C@H]1CCS(=O)(=O)C1. The van der Waals surface area contributed by atoms with Gasteiger partial charge in [0.1, 0.15) is 5.00 Å². The Morgan fingerprint density at radius 1 is 1.19 bits per heavy atom. The number of ether oxygens (including phenoxy) is 1. The molecule has 0 bridgehead atoms. The Kier molecular flexibility index (Phi) is 7.35. The molecule has 0 saturated carbocycles. The number of amides is 2. The van der Waals surface area contributed by atoms with Gasteiger partial charge in [0.05, 0.1) is 17.1 Å². The second kappa shape index (κ2) is 9.83. The summed E-state index contributed by atoms with van der Waals surface area (Å²) < 4.78 is 29.3. The lowest BCUT2D eigenvalue weighted by atomic mass is 10.1. The molecule has 0 unspecified atom stereocenters. The fourth-order valence-corrected chi connectivity index (χ4v) is 6.45. The number of hydrogen-bond acceptors (Lipinski definition) is 7. The van der Waals surface area contributed by atoms with Crippen molar-refractivity contribution in [1.29, 1.82) is 0 Å². The molecule has 32 heavy (non-hydrogen) atoms. The van der Waals surface area contributed by atoms with Gasteiger partial charge in [-0.15, -0.1) is 11.3 Å². The molecule has 2 aromatic rings. The maximum Gasteiger partial charge on any atom is 0.341 e. The summed E-state index contributed by atoms with van der Waals surface area (Å²) in [6, 6.07) is 8.78. The van der Waals surface area contributed by atoms with Crippen molar-refractivity contribution in [2.24, 2.45) is 0 Å². The van der Waals surface area contributed by atoms with E-state index in [1.807, 2.05) is 37.3 Å². The zero-order chi connectivity index (χ0) is 23.5. The van der Waals surface area contributed by atoms with Crippen molar-refractivity contribution >= 4 is 44.0 Å². The van der Waals surface area contributed by atoms with E-state index in [9.17, 15) is 22.8 Å². The molecule has 0 radical (unpaired) electrons. The average Bonchev–Trinajstić information content (AvgIpc) is 3.22.